The Kier molecular flexibility index (Phi) is 5.50. The van der Waals surface area contributed by atoms with Gasteiger partial charge in [-0.2, -0.15) is 0 Å². The first kappa shape index (κ1) is 14.3. The first-order valence-corrected chi connectivity index (χ1v) is 8.18. The van der Waals surface area contributed by atoms with Crippen molar-refractivity contribution >= 4 is 0 Å². The van der Waals surface area contributed by atoms with Crippen LogP contribution in [0.15, 0.2) is 0 Å². The standard InChI is InChI=1S/C16H32N2/c1-4-15-11-17-16(14-8-9-14)12-18(15)10-6-5-7-13(2)3/h13-17H,4-12H2,1-3H3. The van der Waals surface area contributed by atoms with Crippen LogP contribution in [0.5, 0.6) is 0 Å². The lowest BCUT2D eigenvalue weighted by Gasteiger charge is -2.40. The Morgan fingerprint density at radius 3 is 2.61 bits per heavy atom. The van der Waals surface area contributed by atoms with Gasteiger partial charge >= 0.3 is 0 Å². The molecule has 0 spiro atoms. The number of piperazine rings is 1. The molecule has 1 saturated heterocycles. The Bertz CT molecular complexity index is 235. The molecule has 1 saturated carbocycles. The summed E-state index contributed by atoms with van der Waals surface area (Å²) in [6, 6.07) is 1.59. The second-order valence-corrected chi connectivity index (χ2v) is 6.80. The minimum absolute atomic E-state index is 0.791. The van der Waals surface area contributed by atoms with Gasteiger partial charge in [-0.05, 0) is 44.1 Å². The third-order valence-corrected chi connectivity index (χ3v) is 4.70. The van der Waals surface area contributed by atoms with Gasteiger partial charge in [0.25, 0.3) is 0 Å². The summed E-state index contributed by atoms with van der Waals surface area (Å²) < 4.78 is 0. The molecule has 1 aliphatic heterocycles. The van der Waals surface area contributed by atoms with Crippen molar-refractivity contribution in [3.8, 4) is 0 Å². The van der Waals surface area contributed by atoms with Crippen LogP contribution in [0.2, 0.25) is 0 Å². The van der Waals surface area contributed by atoms with E-state index in [1.54, 1.807) is 0 Å². The summed E-state index contributed by atoms with van der Waals surface area (Å²) >= 11 is 0. The number of rotatable bonds is 7. The van der Waals surface area contributed by atoms with Crippen LogP contribution in [-0.2, 0) is 0 Å². The third-order valence-electron chi connectivity index (χ3n) is 4.70. The number of unbranched alkanes of at least 4 members (excludes halogenated alkanes) is 1. The highest BCUT2D eigenvalue weighted by molar-refractivity contribution is 4.94. The summed E-state index contributed by atoms with van der Waals surface area (Å²) in [5.41, 5.74) is 0. The molecular formula is C16H32N2. The Morgan fingerprint density at radius 1 is 1.22 bits per heavy atom. The van der Waals surface area contributed by atoms with Crippen molar-refractivity contribution in [3.63, 3.8) is 0 Å². The smallest absolute Gasteiger partial charge is 0.0224 e. The summed E-state index contributed by atoms with van der Waals surface area (Å²) in [7, 11) is 0. The second kappa shape index (κ2) is 6.91. The minimum Gasteiger partial charge on any atom is -0.311 e. The molecule has 0 aromatic carbocycles. The van der Waals surface area contributed by atoms with Crippen molar-refractivity contribution in [2.24, 2.45) is 11.8 Å². The average molecular weight is 252 g/mol. The first-order valence-electron chi connectivity index (χ1n) is 8.18. The monoisotopic (exact) mass is 252 g/mol. The zero-order valence-electron chi connectivity index (χ0n) is 12.6. The molecule has 2 fully saturated rings. The maximum absolute atomic E-state index is 3.78. The van der Waals surface area contributed by atoms with Crippen LogP contribution < -0.4 is 5.32 Å². The highest BCUT2D eigenvalue weighted by Crippen LogP contribution is 2.34. The largest absolute Gasteiger partial charge is 0.311 e. The third kappa shape index (κ3) is 4.24. The summed E-state index contributed by atoms with van der Waals surface area (Å²) in [6.45, 7) is 10.9. The summed E-state index contributed by atoms with van der Waals surface area (Å²) in [5, 5.41) is 3.78. The molecule has 2 atom stereocenters. The molecule has 0 bridgehead atoms. The minimum atomic E-state index is 0.791. The van der Waals surface area contributed by atoms with Crippen LogP contribution in [0, 0.1) is 11.8 Å². The van der Waals surface area contributed by atoms with E-state index in [4.69, 9.17) is 0 Å². The van der Waals surface area contributed by atoms with E-state index >= 15 is 0 Å². The quantitative estimate of drug-likeness (QED) is 0.700. The van der Waals surface area contributed by atoms with Crippen LogP contribution in [0.3, 0.4) is 0 Å². The Labute approximate surface area is 114 Å². The van der Waals surface area contributed by atoms with Crippen molar-refractivity contribution in [2.45, 2.75) is 71.4 Å². The van der Waals surface area contributed by atoms with Crippen LogP contribution in [-0.4, -0.2) is 36.6 Å². The lowest BCUT2D eigenvalue weighted by Crippen LogP contribution is -2.57. The van der Waals surface area contributed by atoms with Crippen molar-refractivity contribution in [1.29, 1.82) is 0 Å². The predicted octanol–water partition coefficient (Wildman–Crippen LogP) is 3.28. The molecule has 0 aromatic heterocycles. The van der Waals surface area contributed by atoms with Crippen LogP contribution in [0.4, 0.5) is 0 Å². The van der Waals surface area contributed by atoms with E-state index in [2.05, 4.69) is 31.0 Å². The van der Waals surface area contributed by atoms with Gasteiger partial charge in [0, 0.05) is 25.2 Å². The summed E-state index contributed by atoms with van der Waals surface area (Å²) in [5.74, 6) is 1.87. The van der Waals surface area contributed by atoms with E-state index in [0.717, 1.165) is 23.9 Å². The molecule has 2 unspecified atom stereocenters. The van der Waals surface area contributed by atoms with Gasteiger partial charge in [0.2, 0.25) is 0 Å². The zero-order chi connectivity index (χ0) is 13.0. The predicted molar refractivity (Wildman–Crippen MR) is 78.9 cm³/mol. The lowest BCUT2D eigenvalue weighted by molar-refractivity contribution is 0.116. The van der Waals surface area contributed by atoms with Crippen LogP contribution in [0.1, 0.15) is 59.3 Å². The number of hydrogen-bond donors (Lipinski definition) is 1. The molecule has 2 heteroatoms. The zero-order valence-corrected chi connectivity index (χ0v) is 12.6. The van der Waals surface area contributed by atoms with Crippen LogP contribution >= 0.6 is 0 Å². The Morgan fingerprint density at radius 2 is 2.00 bits per heavy atom. The summed E-state index contributed by atoms with van der Waals surface area (Å²) in [4.78, 5) is 2.78. The molecule has 1 aliphatic carbocycles. The van der Waals surface area contributed by atoms with Gasteiger partial charge in [-0.3, -0.25) is 4.90 Å². The number of hydrogen-bond acceptors (Lipinski definition) is 2. The SMILES string of the molecule is CCC1CNC(C2CC2)CN1CCCCC(C)C. The maximum Gasteiger partial charge on any atom is 0.0224 e. The maximum atomic E-state index is 3.78. The molecule has 2 nitrogen and oxygen atoms in total. The second-order valence-electron chi connectivity index (χ2n) is 6.80. The van der Waals surface area contributed by atoms with Gasteiger partial charge in [0.05, 0.1) is 0 Å². The highest BCUT2D eigenvalue weighted by Gasteiger charge is 2.36. The van der Waals surface area contributed by atoms with Gasteiger partial charge in [0.1, 0.15) is 0 Å². The fraction of sp³-hybridized carbons (Fsp3) is 1.00. The Hall–Kier alpha value is -0.0800. The van der Waals surface area contributed by atoms with Gasteiger partial charge in [0.15, 0.2) is 0 Å². The molecule has 1 N–H and O–H groups in total. The number of nitrogens with one attached hydrogen (secondary N) is 1. The van der Waals surface area contributed by atoms with E-state index in [0.29, 0.717) is 0 Å². The summed E-state index contributed by atoms with van der Waals surface area (Å²) in [6.07, 6.45) is 8.44. The Balaban J connectivity index is 1.71. The molecule has 0 aromatic rings. The normalized spacial score (nSPS) is 30.0. The first-order chi connectivity index (χ1) is 8.70. The van der Waals surface area contributed by atoms with E-state index in [-0.39, 0.29) is 0 Å². The molecule has 106 valence electrons. The molecule has 2 rings (SSSR count). The molecule has 0 radical (unpaired) electrons. The molecular weight excluding hydrogens is 220 g/mol. The van der Waals surface area contributed by atoms with Crippen molar-refractivity contribution in [1.82, 2.24) is 10.2 Å². The molecule has 2 aliphatic rings. The van der Waals surface area contributed by atoms with Crippen molar-refractivity contribution in [3.05, 3.63) is 0 Å². The number of nitrogens with zero attached hydrogens (tertiary/aromatic N) is 1. The van der Waals surface area contributed by atoms with Crippen molar-refractivity contribution in [2.75, 3.05) is 19.6 Å². The topological polar surface area (TPSA) is 15.3 Å². The van der Waals surface area contributed by atoms with Gasteiger partial charge in [-0.25, -0.2) is 0 Å². The average Bonchev–Trinajstić information content (AvgIpc) is 3.18. The van der Waals surface area contributed by atoms with Gasteiger partial charge in [-0.1, -0.05) is 33.6 Å². The fourth-order valence-electron chi connectivity index (χ4n) is 3.24. The lowest BCUT2D eigenvalue weighted by atomic mass is 10.0. The molecule has 0 amide bonds. The van der Waals surface area contributed by atoms with E-state index in [9.17, 15) is 0 Å². The van der Waals surface area contributed by atoms with Gasteiger partial charge < -0.3 is 5.32 Å². The van der Waals surface area contributed by atoms with E-state index in [1.807, 2.05) is 0 Å². The highest BCUT2D eigenvalue weighted by atomic mass is 15.2. The molecule has 1 heterocycles. The fourth-order valence-corrected chi connectivity index (χ4v) is 3.24. The van der Waals surface area contributed by atoms with E-state index < -0.39 is 0 Å². The molecule has 18 heavy (non-hydrogen) atoms. The van der Waals surface area contributed by atoms with Crippen molar-refractivity contribution < 1.29 is 0 Å². The van der Waals surface area contributed by atoms with Gasteiger partial charge in [-0.15, -0.1) is 0 Å². The van der Waals surface area contributed by atoms with Crippen LogP contribution in [0.25, 0.3) is 0 Å². The van der Waals surface area contributed by atoms with E-state index in [1.165, 1.54) is 58.2 Å².